The molecule has 0 aliphatic heterocycles. The van der Waals surface area contributed by atoms with E-state index in [0.717, 1.165) is 0 Å². The molecule has 1 heterocycles. The van der Waals surface area contributed by atoms with E-state index < -0.39 is 0 Å². The van der Waals surface area contributed by atoms with Gasteiger partial charge in [-0.15, -0.1) is 0 Å². The molecule has 1 aromatic heterocycles. The van der Waals surface area contributed by atoms with Crippen molar-refractivity contribution in [3.05, 3.63) is 5.69 Å². The molecule has 0 atom stereocenters. The van der Waals surface area contributed by atoms with Crippen LogP contribution < -0.4 is 15.1 Å². The monoisotopic (exact) mass is 253 g/mol. The highest BCUT2D eigenvalue weighted by molar-refractivity contribution is 5.03. The van der Waals surface area contributed by atoms with E-state index in [4.69, 9.17) is 4.52 Å². The number of nitrogens with one attached hydrogen (secondary N) is 1. The molecule has 18 heavy (non-hydrogen) atoms. The van der Waals surface area contributed by atoms with Crippen molar-refractivity contribution in [3.8, 4) is 5.95 Å². The molecular formula is C13H23N3O2. The summed E-state index contributed by atoms with van der Waals surface area (Å²) in [5.74, 6) is -0.315. The summed E-state index contributed by atoms with van der Waals surface area (Å²) in [4.78, 5) is 0. The minimum atomic E-state index is -0.315. The van der Waals surface area contributed by atoms with Crippen molar-refractivity contribution in [2.45, 2.75) is 71.0 Å². The lowest BCUT2D eigenvalue weighted by Crippen LogP contribution is -2.44. The molecular weight excluding hydrogens is 230 g/mol. The highest BCUT2D eigenvalue weighted by Crippen LogP contribution is 2.18. The first-order valence-electron chi connectivity index (χ1n) is 6.99. The van der Waals surface area contributed by atoms with Crippen LogP contribution >= 0.6 is 0 Å². The van der Waals surface area contributed by atoms with E-state index in [9.17, 15) is 5.11 Å². The fourth-order valence-electron chi connectivity index (χ4n) is 2.56. The Morgan fingerprint density at radius 2 is 2.00 bits per heavy atom. The van der Waals surface area contributed by atoms with Gasteiger partial charge in [0, 0.05) is 6.04 Å². The third-order valence-electron chi connectivity index (χ3n) is 3.63. The zero-order chi connectivity index (χ0) is 13.0. The van der Waals surface area contributed by atoms with Gasteiger partial charge in [-0.3, -0.25) is 0 Å². The number of nitrogens with zero attached hydrogens (tertiary/aromatic N) is 2. The topological polar surface area (TPSA) is 65.0 Å². The van der Waals surface area contributed by atoms with Gasteiger partial charge in [-0.1, -0.05) is 30.4 Å². The zero-order valence-corrected chi connectivity index (χ0v) is 11.3. The molecule has 2 rings (SSSR count). The molecule has 1 aliphatic carbocycles. The average molecular weight is 253 g/mol. The number of aromatic nitrogens is 2. The van der Waals surface area contributed by atoms with E-state index in [1.54, 1.807) is 4.68 Å². The summed E-state index contributed by atoms with van der Waals surface area (Å²) in [6, 6.07) is 0.685. The maximum atomic E-state index is 11.6. The van der Waals surface area contributed by atoms with E-state index in [1.807, 2.05) is 13.8 Å². The van der Waals surface area contributed by atoms with E-state index in [-0.39, 0.29) is 12.0 Å². The molecule has 0 bridgehead atoms. The average Bonchev–Trinajstić information content (AvgIpc) is 2.56. The van der Waals surface area contributed by atoms with Crippen LogP contribution in [0.15, 0.2) is 4.52 Å². The second-order valence-corrected chi connectivity index (χ2v) is 5.41. The van der Waals surface area contributed by atoms with Crippen molar-refractivity contribution >= 4 is 0 Å². The minimum absolute atomic E-state index is 0.155. The molecule has 0 radical (unpaired) electrons. The van der Waals surface area contributed by atoms with Crippen molar-refractivity contribution in [2.75, 3.05) is 0 Å². The molecule has 0 unspecified atom stereocenters. The highest BCUT2D eigenvalue weighted by Gasteiger charge is 2.21. The fraction of sp³-hybridized carbons (Fsp3) is 0.846. The van der Waals surface area contributed by atoms with Crippen LogP contribution in [0.2, 0.25) is 0 Å². The van der Waals surface area contributed by atoms with E-state index in [0.29, 0.717) is 18.3 Å². The summed E-state index contributed by atoms with van der Waals surface area (Å²) in [6.45, 7) is 4.55. The van der Waals surface area contributed by atoms with Crippen LogP contribution in [0.5, 0.6) is 5.95 Å². The quantitative estimate of drug-likeness (QED) is 0.651. The third kappa shape index (κ3) is 3.22. The lowest BCUT2D eigenvalue weighted by atomic mass is 10.1. The Morgan fingerprint density at radius 3 is 2.61 bits per heavy atom. The predicted molar refractivity (Wildman–Crippen MR) is 64.9 cm³/mol. The first-order valence-corrected chi connectivity index (χ1v) is 6.99. The summed E-state index contributed by atoms with van der Waals surface area (Å²) in [5.41, 5.74) is 0.634. The second-order valence-electron chi connectivity index (χ2n) is 5.41. The van der Waals surface area contributed by atoms with Crippen LogP contribution in [0.25, 0.3) is 0 Å². The van der Waals surface area contributed by atoms with Crippen molar-refractivity contribution < 1.29 is 14.3 Å². The Hall–Kier alpha value is -1.10. The first kappa shape index (κ1) is 13.3. The molecule has 1 aromatic rings. The molecule has 5 nitrogen and oxygen atoms in total. The van der Waals surface area contributed by atoms with Crippen LogP contribution in [0.3, 0.4) is 0 Å². The molecule has 102 valence electrons. The molecule has 1 fully saturated rings. The standard InChI is InChI=1S/C13H23N3O2/c1-10(2)16-12(13(17)18-15-16)9-14-11-7-5-3-4-6-8-11/h10-11,14H,3-9H2,1-2H3. The van der Waals surface area contributed by atoms with Gasteiger partial charge < -0.3 is 14.9 Å². The van der Waals surface area contributed by atoms with Crippen LogP contribution in [0.1, 0.15) is 64.1 Å². The summed E-state index contributed by atoms with van der Waals surface area (Å²) in [6.07, 6.45) is 7.67. The van der Waals surface area contributed by atoms with E-state index >= 15 is 0 Å². The molecule has 1 aliphatic rings. The van der Waals surface area contributed by atoms with Crippen molar-refractivity contribution in [1.82, 2.24) is 10.6 Å². The fourth-order valence-corrected chi connectivity index (χ4v) is 2.56. The van der Waals surface area contributed by atoms with Gasteiger partial charge in [0.15, 0.2) is 12.0 Å². The number of rotatable bonds is 4. The molecule has 0 saturated heterocycles. The van der Waals surface area contributed by atoms with Gasteiger partial charge in [0.05, 0.1) is 11.8 Å². The molecule has 0 aromatic carbocycles. The lowest BCUT2D eigenvalue weighted by molar-refractivity contribution is -0.785. The van der Waals surface area contributed by atoms with E-state index in [1.165, 1.54) is 38.5 Å². The predicted octanol–water partition coefficient (Wildman–Crippen LogP) is 1.43. The summed E-state index contributed by atoms with van der Waals surface area (Å²) < 4.78 is 6.41. The summed E-state index contributed by atoms with van der Waals surface area (Å²) in [5, 5.41) is 18.9. The van der Waals surface area contributed by atoms with Gasteiger partial charge in [-0.25, -0.2) is 0 Å². The maximum Gasteiger partial charge on any atom is 0.247 e. The Labute approximate surface area is 108 Å². The largest absolute Gasteiger partial charge is 0.539 e. The van der Waals surface area contributed by atoms with Gasteiger partial charge >= 0.3 is 0 Å². The third-order valence-corrected chi connectivity index (χ3v) is 3.63. The Bertz CT molecular complexity index is 368. The molecule has 1 N–H and O–H groups in total. The Kier molecular flexibility index (Phi) is 4.58. The maximum absolute atomic E-state index is 11.6. The smallest absolute Gasteiger partial charge is 0.247 e. The normalized spacial score (nSPS) is 18.2. The molecule has 5 heteroatoms. The molecule has 1 saturated carbocycles. The summed E-state index contributed by atoms with van der Waals surface area (Å²) >= 11 is 0. The van der Waals surface area contributed by atoms with Crippen LogP contribution in [0.4, 0.5) is 0 Å². The summed E-state index contributed by atoms with van der Waals surface area (Å²) in [7, 11) is 0. The lowest BCUT2D eigenvalue weighted by Gasteiger charge is -2.14. The van der Waals surface area contributed by atoms with Crippen LogP contribution in [-0.2, 0) is 6.54 Å². The number of hydrogen-bond donors (Lipinski definition) is 1. The molecule has 0 amide bonds. The SMILES string of the molecule is CC(C)[n+]1noc([O-])c1CNC1CCCCCC1. The minimum Gasteiger partial charge on any atom is -0.539 e. The van der Waals surface area contributed by atoms with Gasteiger partial charge in [0.25, 0.3) is 0 Å². The van der Waals surface area contributed by atoms with Crippen molar-refractivity contribution in [1.29, 1.82) is 0 Å². The zero-order valence-electron chi connectivity index (χ0n) is 11.3. The van der Waals surface area contributed by atoms with Gasteiger partial charge in [0.1, 0.15) is 0 Å². The van der Waals surface area contributed by atoms with Crippen molar-refractivity contribution in [3.63, 3.8) is 0 Å². The first-order chi connectivity index (χ1) is 8.68. The van der Waals surface area contributed by atoms with Crippen LogP contribution in [-0.4, -0.2) is 11.3 Å². The van der Waals surface area contributed by atoms with Gasteiger partial charge in [-0.05, 0) is 26.7 Å². The Balaban J connectivity index is 1.94. The molecule has 0 spiro atoms. The number of hydrogen-bond acceptors (Lipinski definition) is 4. The second kappa shape index (κ2) is 6.18. The Morgan fingerprint density at radius 1 is 1.33 bits per heavy atom. The van der Waals surface area contributed by atoms with Gasteiger partial charge in [-0.2, -0.15) is 0 Å². The van der Waals surface area contributed by atoms with Crippen molar-refractivity contribution in [2.24, 2.45) is 0 Å². The highest BCUT2D eigenvalue weighted by atomic mass is 16.6. The van der Waals surface area contributed by atoms with Crippen LogP contribution in [0, 0.1) is 0 Å². The van der Waals surface area contributed by atoms with Gasteiger partial charge in [0.2, 0.25) is 5.69 Å². The van der Waals surface area contributed by atoms with E-state index in [2.05, 4.69) is 10.6 Å².